The minimum absolute atomic E-state index is 0.228. The van der Waals surface area contributed by atoms with E-state index in [1.54, 1.807) is 0 Å². The highest BCUT2D eigenvalue weighted by atomic mass is 79.9. The Labute approximate surface area is 115 Å². The number of nitrogens with zero attached hydrogens (tertiary/aromatic N) is 1. The summed E-state index contributed by atoms with van der Waals surface area (Å²) in [6, 6.07) is 18.3. The molecule has 2 rings (SSSR count). The molecule has 3 heteroatoms. The second kappa shape index (κ2) is 5.70. The fraction of sp³-hybridized carbons (Fsp3) is 0.133. The summed E-state index contributed by atoms with van der Waals surface area (Å²) in [5.74, 6) is 0. The van der Waals surface area contributed by atoms with Crippen LogP contribution in [-0.2, 0) is 0 Å². The normalized spacial score (nSPS) is 11.6. The smallest absolute Gasteiger partial charge is 0.100 e. The van der Waals surface area contributed by atoms with Crippen LogP contribution in [0.2, 0.25) is 0 Å². The standard InChI is InChI=1S/C15H13BrN2/c1-11(12-5-3-2-4-6-12)18-14-8-7-13(10-17)15(16)9-14/h2-9,11,18H,1H3. The number of anilines is 1. The van der Waals surface area contributed by atoms with Crippen LogP contribution in [-0.4, -0.2) is 0 Å². The van der Waals surface area contributed by atoms with Gasteiger partial charge in [-0.3, -0.25) is 0 Å². The molecule has 90 valence electrons. The van der Waals surface area contributed by atoms with Gasteiger partial charge in [-0.25, -0.2) is 0 Å². The molecular weight excluding hydrogens is 288 g/mol. The Morgan fingerprint density at radius 3 is 2.50 bits per heavy atom. The molecule has 0 bridgehead atoms. The summed E-state index contributed by atoms with van der Waals surface area (Å²) in [6.07, 6.45) is 0. The van der Waals surface area contributed by atoms with Crippen LogP contribution in [0.1, 0.15) is 24.1 Å². The van der Waals surface area contributed by atoms with Crippen LogP contribution in [0.15, 0.2) is 53.0 Å². The van der Waals surface area contributed by atoms with Gasteiger partial charge in [0.05, 0.1) is 5.56 Å². The highest BCUT2D eigenvalue weighted by Gasteiger charge is 2.06. The molecule has 0 fully saturated rings. The van der Waals surface area contributed by atoms with Crippen molar-refractivity contribution in [2.75, 3.05) is 5.32 Å². The van der Waals surface area contributed by atoms with Crippen LogP contribution in [0.4, 0.5) is 5.69 Å². The molecule has 0 aliphatic heterocycles. The Hall–Kier alpha value is -1.79. The monoisotopic (exact) mass is 300 g/mol. The molecular formula is C15H13BrN2. The van der Waals surface area contributed by atoms with E-state index in [-0.39, 0.29) is 6.04 Å². The Morgan fingerprint density at radius 2 is 1.89 bits per heavy atom. The van der Waals surface area contributed by atoms with Gasteiger partial charge in [-0.05, 0) is 46.6 Å². The molecule has 2 nitrogen and oxygen atoms in total. The van der Waals surface area contributed by atoms with Gasteiger partial charge in [-0.15, -0.1) is 0 Å². The molecule has 0 aromatic heterocycles. The predicted octanol–water partition coefficient (Wildman–Crippen LogP) is 4.49. The quantitative estimate of drug-likeness (QED) is 0.906. The van der Waals surface area contributed by atoms with Crippen molar-refractivity contribution in [3.8, 4) is 6.07 Å². The molecule has 0 aliphatic carbocycles. The highest BCUT2D eigenvalue weighted by Crippen LogP contribution is 2.24. The lowest BCUT2D eigenvalue weighted by Gasteiger charge is -2.16. The summed E-state index contributed by atoms with van der Waals surface area (Å²) in [5.41, 5.74) is 2.88. The van der Waals surface area contributed by atoms with E-state index >= 15 is 0 Å². The number of benzene rings is 2. The average Bonchev–Trinajstić information content (AvgIpc) is 2.40. The fourth-order valence-corrected chi connectivity index (χ4v) is 2.24. The van der Waals surface area contributed by atoms with Gasteiger partial charge in [0.2, 0.25) is 0 Å². The van der Waals surface area contributed by atoms with E-state index in [0.29, 0.717) is 5.56 Å². The molecule has 18 heavy (non-hydrogen) atoms. The molecule has 0 amide bonds. The molecule has 0 radical (unpaired) electrons. The largest absolute Gasteiger partial charge is 0.378 e. The zero-order valence-electron chi connectivity index (χ0n) is 10.0. The summed E-state index contributed by atoms with van der Waals surface area (Å²) in [6.45, 7) is 2.11. The second-order valence-electron chi connectivity index (χ2n) is 4.08. The van der Waals surface area contributed by atoms with E-state index in [2.05, 4.69) is 46.4 Å². The third-order valence-corrected chi connectivity index (χ3v) is 3.43. The van der Waals surface area contributed by atoms with Gasteiger partial charge in [0.1, 0.15) is 6.07 Å². The van der Waals surface area contributed by atoms with Crippen LogP contribution >= 0.6 is 15.9 Å². The molecule has 0 aliphatic rings. The van der Waals surface area contributed by atoms with Crippen molar-refractivity contribution in [2.45, 2.75) is 13.0 Å². The van der Waals surface area contributed by atoms with Crippen molar-refractivity contribution in [1.29, 1.82) is 5.26 Å². The summed E-state index contributed by atoms with van der Waals surface area (Å²) >= 11 is 3.39. The van der Waals surface area contributed by atoms with Gasteiger partial charge in [0.25, 0.3) is 0 Å². The SMILES string of the molecule is CC(Nc1ccc(C#N)c(Br)c1)c1ccccc1. The van der Waals surface area contributed by atoms with E-state index in [9.17, 15) is 0 Å². The van der Waals surface area contributed by atoms with Gasteiger partial charge in [0, 0.05) is 16.2 Å². The molecule has 0 saturated carbocycles. The van der Waals surface area contributed by atoms with E-state index in [1.165, 1.54) is 5.56 Å². The van der Waals surface area contributed by atoms with Crippen molar-refractivity contribution in [1.82, 2.24) is 0 Å². The third-order valence-electron chi connectivity index (χ3n) is 2.77. The molecule has 1 N–H and O–H groups in total. The molecule has 2 aromatic rings. The van der Waals surface area contributed by atoms with Gasteiger partial charge in [0.15, 0.2) is 0 Å². The molecule has 1 unspecified atom stereocenters. The van der Waals surface area contributed by atoms with Crippen LogP contribution in [0.5, 0.6) is 0 Å². The summed E-state index contributed by atoms with van der Waals surface area (Å²) in [7, 11) is 0. The molecule has 0 saturated heterocycles. The number of hydrogen-bond acceptors (Lipinski definition) is 2. The summed E-state index contributed by atoms with van der Waals surface area (Å²) in [4.78, 5) is 0. The number of hydrogen-bond donors (Lipinski definition) is 1. The number of nitriles is 1. The highest BCUT2D eigenvalue weighted by molar-refractivity contribution is 9.10. The maximum atomic E-state index is 8.87. The topological polar surface area (TPSA) is 35.8 Å². The van der Waals surface area contributed by atoms with Crippen LogP contribution in [0, 0.1) is 11.3 Å². The fourth-order valence-electron chi connectivity index (χ4n) is 1.77. The van der Waals surface area contributed by atoms with Crippen molar-refractivity contribution >= 4 is 21.6 Å². The number of rotatable bonds is 3. The van der Waals surface area contributed by atoms with Crippen molar-refractivity contribution < 1.29 is 0 Å². The van der Waals surface area contributed by atoms with Crippen LogP contribution in [0.3, 0.4) is 0 Å². The van der Waals surface area contributed by atoms with Crippen LogP contribution < -0.4 is 5.32 Å². The first kappa shape index (κ1) is 12.7. The summed E-state index contributed by atoms with van der Waals surface area (Å²) in [5, 5.41) is 12.3. The lowest BCUT2D eigenvalue weighted by atomic mass is 10.1. The molecule has 2 aromatic carbocycles. The molecule has 0 heterocycles. The Bertz CT molecular complexity index is 573. The van der Waals surface area contributed by atoms with Gasteiger partial charge >= 0.3 is 0 Å². The third kappa shape index (κ3) is 2.91. The van der Waals surface area contributed by atoms with Gasteiger partial charge in [-0.1, -0.05) is 30.3 Å². The van der Waals surface area contributed by atoms with Gasteiger partial charge in [-0.2, -0.15) is 5.26 Å². The minimum atomic E-state index is 0.228. The zero-order valence-corrected chi connectivity index (χ0v) is 11.6. The zero-order chi connectivity index (χ0) is 13.0. The van der Waals surface area contributed by atoms with Crippen LogP contribution in [0.25, 0.3) is 0 Å². The molecule has 1 atom stereocenters. The Morgan fingerprint density at radius 1 is 1.17 bits per heavy atom. The first-order chi connectivity index (χ1) is 8.70. The molecule has 0 spiro atoms. The van der Waals surface area contributed by atoms with Crippen molar-refractivity contribution in [3.63, 3.8) is 0 Å². The van der Waals surface area contributed by atoms with Crippen molar-refractivity contribution in [2.24, 2.45) is 0 Å². The second-order valence-corrected chi connectivity index (χ2v) is 4.94. The lowest BCUT2D eigenvalue weighted by Crippen LogP contribution is -2.06. The Balaban J connectivity index is 2.15. The average molecular weight is 301 g/mol. The van der Waals surface area contributed by atoms with E-state index < -0.39 is 0 Å². The van der Waals surface area contributed by atoms with E-state index in [1.807, 2.05) is 36.4 Å². The first-order valence-corrected chi connectivity index (χ1v) is 6.51. The lowest BCUT2D eigenvalue weighted by molar-refractivity contribution is 0.884. The Kier molecular flexibility index (Phi) is 4.01. The van der Waals surface area contributed by atoms with Crippen molar-refractivity contribution in [3.05, 3.63) is 64.1 Å². The number of nitrogens with one attached hydrogen (secondary N) is 1. The first-order valence-electron chi connectivity index (χ1n) is 5.72. The maximum absolute atomic E-state index is 8.87. The van der Waals surface area contributed by atoms with E-state index in [0.717, 1.165) is 10.2 Å². The van der Waals surface area contributed by atoms with E-state index in [4.69, 9.17) is 5.26 Å². The predicted molar refractivity (Wildman–Crippen MR) is 77.3 cm³/mol. The maximum Gasteiger partial charge on any atom is 0.100 e. The summed E-state index contributed by atoms with van der Waals surface area (Å²) < 4.78 is 0.815. The van der Waals surface area contributed by atoms with Gasteiger partial charge < -0.3 is 5.32 Å². The number of halogens is 1. The minimum Gasteiger partial charge on any atom is -0.378 e.